The molecule has 2 aromatic carbocycles. The van der Waals surface area contributed by atoms with Crippen LogP contribution in [0.15, 0.2) is 47.4 Å². The van der Waals surface area contributed by atoms with Gasteiger partial charge in [0.05, 0.1) is 12.1 Å². The first-order valence-corrected chi connectivity index (χ1v) is 10.8. The van der Waals surface area contributed by atoms with Crippen LogP contribution in [0.3, 0.4) is 0 Å². The van der Waals surface area contributed by atoms with Gasteiger partial charge in [-0.3, -0.25) is 0 Å². The Morgan fingerprint density at radius 3 is 2.56 bits per heavy atom. The van der Waals surface area contributed by atoms with Crippen molar-refractivity contribution in [2.75, 3.05) is 14.2 Å². The van der Waals surface area contributed by atoms with E-state index in [9.17, 15) is 0 Å². The van der Waals surface area contributed by atoms with Gasteiger partial charge in [-0.25, -0.2) is 0 Å². The molecule has 2 saturated heterocycles. The normalized spacial score (nSPS) is 24.8. The Bertz CT molecular complexity index is 786. The highest BCUT2D eigenvalue weighted by Gasteiger charge is 2.38. The zero-order valence-electron chi connectivity index (χ0n) is 15.9. The minimum absolute atomic E-state index is 0.463. The highest BCUT2D eigenvalue weighted by Crippen LogP contribution is 2.43. The number of para-hydroxylation sites is 1. The third-order valence-electron chi connectivity index (χ3n) is 5.84. The van der Waals surface area contributed by atoms with Crippen LogP contribution in [0.5, 0.6) is 11.5 Å². The van der Waals surface area contributed by atoms with Gasteiger partial charge in [0.25, 0.3) is 0 Å². The van der Waals surface area contributed by atoms with E-state index in [1.165, 1.54) is 25.7 Å². The third kappa shape index (κ3) is 4.23. The molecule has 0 aliphatic carbocycles. The van der Waals surface area contributed by atoms with Crippen LogP contribution in [-0.4, -0.2) is 36.4 Å². The van der Waals surface area contributed by atoms with Crippen molar-refractivity contribution in [2.24, 2.45) is 0 Å². The molecular formula is C22H26ClNO2S. The number of benzene rings is 2. The summed E-state index contributed by atoms with van der Waals surface area (Å²) in [6.45, 7) is 0.463. The number of halogens is 1. The Balaban J connectivity index is 1.38. The molecule has 0 radical (unpaired) electrons. The molecule has 0 N–H and O–H groups in total. The van der Waals surface area contributed by atoms with Crippen molar-refractivity contribution >= 4 is 23.4 Å². The van der Waals surface area contributed by atoms with Crippen LogP contribution in [0.25, 0.3) is 0 Å². The zero-order chi connectivity index (χ0) is 18.8. The largest absolute Gasteiger partial charge is 0.496 e. The summed E-state index contributed by atoms with van der Waals surface area (Å²) in [6.07, 6.45) is 5.23. The van der Waals surface area contributed by atoms with E-state index in [0.29, 0.717) is 11.9 Å². The van der Waals surface area contributed by atoms with Gasteiger partial charge in [-0.2, -0.15) is 0 Å². The van der Waals surface area contributed by atoms with Crippen molar-refractivity contribution in [2.45, 2.75) is 54.5 Å². The molecule has 2 heterocycles. The van der Waals surface area contributed by atoms with Crippen molar-refractivity contribution < 1.29 is 9.47 Å². The van der Waals surface area contributed by atoms with Gasteiger partial charge in [-0.05, 0) is 57.0 Å². The summed E-state index contributed by atoms with van der Waals surface area (Å²) in [5, 5.41) is 1.44. The van der Waals surface area contributed by atoms with Crippen molar-refractivity contribution in [1.29, 1.82) is 0 Å². The maximum Gasteiger partial charge on any atom is 0.125 e. The molecule has 2 aliphatic rings. The van der Waals surface area contributed by atoms with Crippen molar-refractivity contribution in [3.8, 4) is 11.5 Å². The number of piperidine rings is 1. The van der Waals surface area contributed by atoms with Gasteiger partial charge >= 0.3 is 0 Å². The number of nitrogens with zero attached hydrogens (tertiary/aromatic N) is 1. The molecule has 2 atom stereocenters. The van der Waals surface area contributed by atoms with Crippen molar-refractivity contribution in [3.63, 3.8) is 0 Å². The zero-order valence-corrected chi connectivity index (χ0v) is 17.4. The summed E-state index contributed by atoms with van der Waals surface area (Å²) in [5.41, 5.74) is 1.02. The Kier molecular flexibility index (Phi) is 5.86. The van der Waals surface area contributed by atoms with Gasteiger partial charge < -0.3 is 14.4 Å². The van der Waals surface area contributed by atoms with Crippen LogP contribution < -0.4 is 9.47 Å². The second kappa shape index (κ2) is 8.34. The van der Waals surface area contributed by atoms with Gasteiger partial charge in [0.2, 0.25) is 0 Å². The molecule has 0 saturated carbocycles. The number of hydrogen-bond acceptors (Lipinski definition) is 4. The summed E-state index contributed by atoms with van der Waals surface area (Å²) < 4.78 is 11.3. The summed E-state index contributed by atoms with van der Waals surface area (Å²) in [6, 6.07) is 15.5. The van der Waals surface area contributed by atoms with Crippen LogP contribution >= 0.6 is 23.4 Å². The summed E-state index contributed by atoms with van der Waals surface area (Å²) in [5.74, 6) is 1.63. The molecule has 27 heavy (non-hydrogen) atoms. The average Bonchev–Trinajstić information content (AvgIpc) is 2.89. The van der Waals surface area contributed by atoms with Gasteiger partial charge in [0.1, 0.15) is 18.1 Å². The Labute approximate surface area is 171 Å². The van der Waals surface area contributed by atoms with Crippen molar-refractivity contribution in [1.82, 2.24) is 4.90 Å². The van der Waals surface area contributed by atoms with E-state index in [1.807, 2.05) is 48.2 Å². The maximum absolute atomic E-state index is 6.57. The molecule has 4 rings (SSSR count). The molecule has 2 aromatic rings. The molecule has 3 nitrogen and oxygen atoms in total. The lowest BCUT2D eigenvalue weighted by atomic mass is 10.0. The summed E-state index contributed by atoms with van der Waals surface area (Å²) in [7, 11) is 3.96. The maximum atomic E-state index is 6.57. The Hall–Kier alpha value is -1.36. The number of ether oxygens (including phenoxy) is 2. The quantitative estimate of drug-likeness (QED) is 0.621. The highest BCUT2D eigenvalue weighted by atomic mass is 35.5. The molecule has 5 heteroatoms. The van der Waals surface area contributed by atoms with E-state index in [2.05, 4.69) is 18.0 Å². The van der Waals surface area contributed by atoms with Gasteiger partial charge in [0, 0.05) is 27.8 Å². The minimum Gasteiger partial charge on any atom is -0.496 e. The van der Waals surface area contributed by atoms with Crippen LogP contribution in [0.4, 0.5) is 0 Å². The molecule has 144 valence electrons. The van der Waals surface area contributed by atoms with Crippen LogP contribution in [-0.2, 0) is 6.61 Å². The Morgan fingerprint density at radius 1 is 1.11 bits per heavy atom. The highest BCUT2D eigenvalue weighted by molar-refractivity contribution is 8.00. The number of thioether (sulfide) groups is 1. The van der Waals surface area contributed by atoms with Gasteiger partial charge in [-0.1, -0.05) is 29.8 Å². The summed E-state index contributed by atoms with van der Waals surface area (Å²) >= 11 is 8.51. The van der Waals surface area contributed by atoms with E-state index in [-0.39, 0.29) is 0 Å². The lowest BCUT2D eigenvalue weighted by Gasteiger charge is -2.36. The van der Waals surface area contributed by atoms with Crippen LogP contribution in [0.2, 0.25) is 5.02 Å². The van der Waals surface area contributed by atoms with E-state index in [1.54, 1.807) is 7.11 Å². The summed E-state index contributed by atoms with van der Waals surface area (Å²) in [4.78, 5) is 3.74. The van der Waals surface area contributed by atoms with E-state index in [0.717, 1.165) is 39.1 Å². The fraction of sp³-hybridized carbons (Fsp3) is 0.455. The first kappa shape index (κ1) is 19.0. The number of rotatable bonds is 6. The third-order valence-corrected chi connectivity index (χ3v) is 7.59. The predicted octanol–water partition coefficient (Wildman–Crippen LogP) is 5.64. The molecule has 2 unspecified atom stereocenters. The SMILES string of the molecule is COc1ccccc1COc1ccc(SC2CC3CCC(C2)N3C)c(Cl)c1. The smallest absolute Gasteiger partial charge is 0.125 e. The number of fused-ring (bicyclic) bond motifs is 2. The molecule has 0 spiro atoms. The van der Waals surface area contributed by atoms with Gasteiger partial charge in [-0.15, -0.1) is 11.8 Å². The topological polar surface area (TPSA) is 21.7 Å². The number of hydrogen-bond donors (Lipinski definition) is 0. The predicted molar refractivity (Wildman–Crippen MR) is 112 cm³/mol. The standard InChI is InChI=1S/C22H26ClNO2S/c1-24-16-7-8-17(24)12-19(11-16)27-22-10-9-18(13-20(22)23)26-14-15-5-3-4-6-21(15)25-2/h3-6,9-10,13,16-17,19H,7-8,11-12,14H2,1-2H3. The first-order valence-electron chi connectivity index (χ1n) is 9.57. The fourth-order valence-corrected chi connectivity index (χ4v) is 5.91. The van der Waals surface area contributed by atoms with Crippen LogP contribution in [0.1, 0.15) is 31.2 Å². The molecule has 2 bridgehead atoms. The molecule has 2 aliphatic heterocycles. The average molecular weight is 404 g/mol. The minimum atomic E-state index is 0.463. The molecule has 0 aromatic heterocycles. The van der Waals surface area contributed by atoms with E-state index < -0.39 is 0 Å². The number of methoxy groups -OCH3 is 1. The Morgan fingerprint density at radius 2 is 1.85 bits per heavy atom. The molecule has 2 fully saturated rings. The first-order chi connectivity index (χ1) is 13.1. The monoisotopic (exact) mass is 403 g/mol. The second-order valence-corrected chi connectivity index (χ2v) is 9.20. The van der Waals surface area contributed by atoms with E-state index >= 15 is 0 Å². The lowest BCUT2D eigenvalue weighted by Crippen LogP contribution is -2.40. The molecule has 0 amide bonds. The lowest BCUT2D eigenvalue weighted by molar-refractivity contribution is 0.183. The molecular weight excluding hydrogens is 378 g/mol. The second-order valence-electron chi connectivity index (χ2n) is 7.45. The van der Waals surface area contributed by atoms with Crippen molar-refractivity contribution in [3.05, 3.63) is 53.1 Å². The fourth-order valence-electron chi connectivity index (χ4n) is 4.29. The van der Waals surface area contributed by atoms with Gasteiger partial charge in [0.15, 0.2) is 0 Å². The van der Waals surface area contributed by atoms with E-state index in [4.69, 9.17) is 21.1 Å². The van der Waals surface area contributed by atoms with Crippen LogP contribution in [0, 0.1) is 0 Å².